The summed E-state index contributed by atoms with van der Waals surface area (Å²) in [5.41, 5.74) is 4.51. The molecule has 8 aliphatic rings. The van der Waals surface area contributed by atoms with Gasteiger partial charge in [0.05, 0.1) is 29.4 Å². The Hall–Kier alpha value is -2.42. The zero-order valence-electron chi connectivity index (χ0n) is 36.3. The van der Waals surface area contributed by atoms with E-state index in [0.29, 0.717) is 51.8 Å². The average molecular weight is 926 g/mol. The Morgan fingerprint density at radius 2 is 1.36 bits per heavy atom. The predicted octanol–water partition coefficient (Wildman–Crippen LogP) is 7.80. The van der Waals surface area contributed by atoms with Crippen molar-refractivity contribution >= 4 is 50.8 Å². The normalized spacial score (nSPS) is 21.2. The number of amides is 1. The van der Waals surface area contributed by atoms with Crippen LogP contribution in [0.1, 0.15) is 115 Å². The second-order valence-electron chi connectivity index (χ2n) is 18.4. The monoisotopic (exact) mass is 924 g/mol. The van der Waals surface area contributed by atoms with Crippen molar-refractivity contribution < 1.29 is 24.5 Å². The fourth-order valence-electron chi connectivity index (χ4n) is 9.00. The standard InChI is InChI=1S/C30H34N4O3.C9H17NO.C6H11N.C3H7BrO.ClH/c1-33-26-19-31-25-9-3-20(17-24(25)28(26)30(29(33)35)11-15-36-16-12-30)21-4-10-27(32-18-21)37-14-2-13-34(22-5-6-22)23-7-8-23;11-7-1-6-10(8-2-3-8)9-4-5-9;1-2-5(1)7-6-3-4-6;4-2-1-3-5;/h3-4,9-10,17-19,22-23H,2,5-8,11-16H2,1H3;8-9,11H,1-7H2;5-7H,1-4H2;5H,1-3H2;1H. The fourth-order valence-corrected chi connectivity index (χ4v) is 9.25. The molecule has 6 aliphatic carbocycles. The summed E-state index contributed by atoms with van der Waals surface area (Å²) in [6.45, 7) is 4.82. The van der Waals surface area contributed by atoms with Gasteiger partial charge in [0.2, 0.25) is 11.8 Å². The Bertz CT molecular complexity index is 1810. The lowest BCUT2D eigenvalue weighted by Gasteiger charge is -2.32. The number of likely N-dealkylation sites (N-methyl/N-ethyl adjacent to an activating group) is 1. The van der Waals surface area contributed by atoms with Crippen molar-refractivity contribution in [3.05, 3.63) is 48.3 Å². The molecule has 0 unspecified atom stereocenters. The molecule has 7 fully saturated rings. The highest BCUT2D eigenvalue weighted by Crippen LogP contribution is 2.50. The summed E-state index contributed by atoms with van der Waals surface area (Å²) in [5.74, 6) is 0.830. The number of nitrogens with zero attached hydrogens (tertiary/aromatic N) is 5. The first-order chi connectivity index (χ1) is 29.4. The molecule has 4 heterocycles. The van der Waals surface area contributed by atoms with Crippen LogP contribution < -0.4 is 15.0 Å². The molecule has 3 N–H and O–H groups in total. The molecule has 2 aliphatic heterocycles. The summed E-state index contributed by atoms with van der Waals surface area (Å²) >= 11 is 3.15. The molecule has 0 radical (unpaired) electrons. The lowest BCUT2D eigenvalue weighted by Crippen LogP contribution is -2.43. The van der Waals surface area contributed by atoms with Gasteiger partial charge in [-0.1, -0.05) is 22.0 Å². The van der Waals surface area contributed by atoms with Crippen LogP contribution in [-0.4, -0.2) is 131 Å². The summed E-state index contributed by atoms with van der Waals surface area (Å²) in [6, 6.07) is 15.7. The minimum atomic E-state index is -0.521. The van der Waals surface area contributed by atoms with Gasteiger partial charge in [0, 0.05) is 117 Å². The number of alkyl halides is 1. The van der Waals surface area contributed by atoms with E-state index in [0.717, 1.165) is 107 Å². The van der Waals surface area contributed by atoms with E-state index in [1.165, 1.54) is 77.0 Å². The summed E-state index contributed by atoms with van der Waals surface area (Å²) in [7, 11) is 1.86. The molecule has 11 nitrogen and oxygen atoms in total. The molecule has 61 heavy (non-hydrogen) atoms. The fraction of sp³-hybridized carbons (Fsp3) is 0.688. The van der Waals surface area contributed by atoms with Gasteiger partial charge in [-0.3, -0.25) is 19.6 Å². The van der Waals surface area contributed by atoms with Crippen LogP contribution in [0.15, 0.2) is 42.7 Å². The third-order valence-corrected chi connectivity index (χ3v) is 13.7. The zero-order valence-corrected chi connectivity index (χ0v) is 38.7. The molecule has 1 aromatic carbocycles. The van der Waals surface area contributed by atoms with E-state index in [1.807, 2.05) is 25.5 Å². The van der Waals surface area contributed by atoms with Gasteiger partial charge in [-0.15, -0.1) is 12.4 Å². The molecule has 1 spiro atoms. The van der Waals surface area contributed by atoms with E-state index in [-0.39, 0.29) is 18.3 Å². The van der Waals surface area contributed by atoms with Crippen molar-refractivity contribution in [1.82, 2.24) is 25.1 Å². The summed E-state index contributed by atoms with van der Waals surface area (Å²) in [5, 5.41) is 22.2. The molecule has 11 rings (SSSR count). The zero-order chi connectivity index (χ0) is 41.5. The number of aliphatic hydroxyl groups is 2. The van der Waals surface area contributed by atoms with Crippen molar-refractivity contribution in [1.29, 1.82) is 0 Å². The van der Waals surface area contributed by atoms with E-state index in [2.05, 4.69) is 65.3 Å². The lowest BCUT2D eigenvalue weighted by atomic mass is 9.74. The second-order valence-corrected chi connectivity index (χ2v) is 19.1. The smallest absolute Gasteiger partial charge is 0.237 e. The van der Waals surface area contributed by atoms with Gasteiger partial charge in [-0.05, 0) is 133 Å². The van der Waals surface area contributed by atoms with Crippen LogP contribution in [0, 0.1) is 0 Å². The highest BCUT2D eigenvalue weighted by atomic mass is 79.9. The van der Waals surface area contributed by atoms with Crippen molar-refractivity contribution in [2.75, 3.05) is 63.4 Å². The van der Waals surface area contributed by atoms with Crippen LogP contribution >= 0.6 is 28.3 Å². The number of aromatic nitrogens is 2. The number of pyridine rings is 2. The molecule has 1 saturated heterocycles. The molecular weight excluding hydrogens is 856 g/mol. The Morgan fingerprint density at radius 1 is 0.787 bits per heavy atom. The number of carbonyl (C=O) groups excluding carboxylic acids is 1. The number of carbonyl (C=O) groups is 1. The van der Waals surface area contributed by atoms with Crippen LogP contribution in [0.25, 0.3) is 22.0 Å². The number of fused-ring (bicyclic) bond motifs is 4. The Morgan fingerprint density at radius 3 is 1.85 bits per heavy atom. The third kappa shape index (κ3) is 12.6. The minimum absolute atomic E-state index is 0. The number of hydrogen-bond donors (Lipinski definition) is 3. The topological polar surface area (TPSA) is 124 Å². The summed E-state index contributed by atoms with van der Waals surface area (Å²) < 4.78 is 11.6. The minimum Gasteiger partial charge on any atom is -0.478 e. The lowest BCUT2D eigenvalue weighted by molar-refractivity contribution is -0.126. The molecule has 3 aromatic rings. The van der Waals surface area contributed by atoms with Gasteiger partial charge in [0.1, 0.15) is 0 Å². The quantitative estimate of drug-likeness (QED) is 0.0914. The number of aliphatic hydroxyl groups excluding tert-OH is 2. The van der Waals surface area contributed by atoms with Crippen LogP contribution in [0.4, 0.5) is 5.69 Å². The number of hydrogen-bond acceptors (Lipinski definition) is 10. The first kappa shape index (κ1) is 46.6. The molecule has 2 aromatic heterocycles. The molecule has 13 heteroatoms. The average Bonchev–Trinajstić information content (AvgIpc) is 4.07. The maximum absolute atomic E-state index is 13.4. The van der Waals surface area contributed by atoms with Crippen LogP contribution in [0.5, 0.6) is 5.88 Å². The molecule has 6 saturated carbocycles. The molecule has 336 valence electrons. The summed E-state index contributed by atoms with van der Waals surface area (Å²) in [6.07, 6.45) is 24.9. The van der Waals surface area contributed by atoms with E-state index < -0.39 is 5.41 Å². The van der Waals surface area contributed by atoms with Gasteiger partial charge in [0.25, 0.3) is 0 Å². The van der Waals surface area contributed by atoms with Gasteiger partial charge in [-0.25, -0.2) is 4.98 Å². The first-order valence-electron chi connectivity index (χ1n) is 23.4. The molecular formula is C48H70BrClN6O5. The van der Waals surface area contributed by atoms with Gasteiger partial charge in [-0.2, -0.15) is 0 Å². The third-order valence-electron chi connectivity index (χ3n) is 13.2. The van der Waals surface area contributed by atoms with Crippen LogP contribution in [0.3, 0.4) is 0 Å². The van der Waals surface area contributed by atoms with Crippen LogP contribution in [-0.2, 0) is 14.9 Å². The van der Waals surface area contributed by atoms with E-state index >= 15 is 0 Å². The SMILES string of the molecule is C1CC1NC1CC1.CN1C(=O)C2(CCOCC2)c2c1cnc1ccc(-c3ccc(OCCCN(C4CC4)C4CC4)nc3)cc21.Cl.OCCCBr.OCCCN(C1CC1)C1CC1. The Kier molecular flexibility index (Phi) is 16.8. The largest absolute Gasteiger partial charge is 0.478 e. The van der Waals surface area contributed by atoms with Gasteiger partial charge < -0.3 is 29.9 Å². The van der Waals surface area contributed by atoms with Crippen molar-refractivity contribution in [2.45, 2.75) is 151 Å². The number of nitrogens with one attached hydrogen (secondary N) is 1. The van der Waals surface area contributed by atoms with Crippen molar-refractivity contribution in [3.63, 3.8) is 0 Å². The molecule has 0 atom stereocenters. The predicted molar refractivity (Wildman–Crippen MR) is 249 cm³/mol. The molecule has 0 bridgehead atoms. The summed E-state index contributed by atoms with van der Waals surface area (Å²) in [4.78, 5) is 29.8. The highest BCUT2D eigenvalue weighted by Gasteiger charge is 2.51. The molecule has 1 amide bonds. The maximum Gasteiger partial charge on any atom is 0.237 e. The number of benzene rings is 1. The Labute approximate surface area is 378 Å². The van der Waals surface area contributed by atoms with E-state index in [4.69, 9.17) is 19.7 Å². The van der Waals surface area contributed by atoms with Crippen LogP contribution in [0.2, 0.25) is 0 Å². The van der Waals surface area contributed by atoms with Crippen molar-refractivity contribution in [2.24, 2.45) is 0 Å². The second kappa shape index (κ2) is 22.0. The van der Waals surface area contributed by atoms with Crippen molar-refractivity contribution in [3.8, 4) is 17.0 Å². The Balaban J connectivity index is 0.000000189. The number of halogens is 2. The van der Waals surface area contributed by atoms with E-state index in [9.17, 15) is 4.79 Å². The van der Waals surface area contributed by atoms with Gasteiger partial charge >= 0.3 is 0 Å². The number of rotatable bonds is 17. The first-order valence-corrected chi connectivity index (χ1v) is 24.5. The van der Waals surface area contributed by atoms with E-state index in [1.54, 1.807) is 4.90 Å². The number of ether oxygens (including phenoxy) is 2. The number of anilines is 1. The van der Waals surface area contributed by atoms with Gasteiger partial charge in [0.15, 0.2) is 0 Å². The maximum atomic E-state index is 13.4. The highest BCUT2D eigenvalue weighted by molar-refractivity contribution is 9.09.